The van der Waals surface area contributed by atoms with Gasteiger partial charge in [-0.25, -0.2) is 9.78 Å². The second kappa shape index (κ2) is 5.01. The number of aryl methyl sites for hydroxylation is 1. The van der Waals surface area contributed by atoms with Gasteiger partial charge < -0.3 is 4.42 Å². The number of urea groups is 1. The number of rotatable bonds is 2. The second-order valence-electron chi connectivity index (χ2n) is 3.35. The molecule has 0 fully saturated rings. The molecule has 0 spiro atoms. The Hall–Kier alpha value is -1.82. The summed E-state index contributed by atoms with van der Waals surface area (Å²) in [5.41, 5.74) is 0.837. The van der Waals surface area contributed by atoms with Crippen LogP contribution < -0.4 is 10.6 Å². The molecule has 17 heavy (non-hydrogen) atoms. The first-order valence-corrected chi connectivity index (χ1v) is 5.70. The van der Waals surface area contributed by atoms with Crippen molar-refractivity contribution in [2.45, 2.75) is 6.92 Å². The number of carbonyl (C=O) groups excluding carboxylic acids is 1. The van der Waals surface area contributed by atoms with Gasteiger partial charge in [0.05, 0.1) is 0 Å². The van der Waals surface area contributed by atoms with Gasteiger partial charge in [-0.2, -0.15) is 0 Å². The molecule has 2 aromatic rings. The summed E-state index contributed by atoms with van der Waals surface area (Å²) in [5, 5.41) is 5.15. The number of hydrogen-bond donors (Lipinski definition) is 2. The molecular formula is C11H10BrN3O2. The van der Waals surface area contributed by atoms with E-state index in [0.29, 0.717) is 16.4 Å². The van der Waals surface area contributed by atoms with Gasteiger partial charge in [-0.1, -0.05) is 6.07 Å². The number of furan rings is 1. The highest BCUT2D eigenvalue weighted by molar-refractivity contribution is 9.10. The maximum Gasteiger partial charge on any atom is 0.327 e. The first-order chi connectivity index (χ1) is 8.13. The molecule has 6 heteroatoms. The van der Waals surface area contributed by atoms with E-state index in [1.165, 1.54) is 0 Å². The molecule has 2 N–H and O–H groups in total. The van der Waals surface area contributed by atoms with E-state index in [1.807, 2.05) is 19.1 Å². The van der Waals surface area contributed by atoms with Gasteiger partial charge in [-0.3, -0.25) is 10.6 Å². The number of nitrogens with zero attached hydrogens (tertiary/aromatic N) is 1. The Kier molecular flexibility index (Phi) is 3.43. The van der Waals surface area contributed by atoms with Crippen molar-refractivity contribution < 1.29 is 9.21 Å². The van der Waals surface area contributed by atoms with Crippen molar-refractivity contribution >= 4 is 33.7 Å². The Morgan fingerprint density at radius 2 is 2.12 bits per heavy atom. The number of carbonyl (C=O) groups is 1. The van der Waals surface area contributed by atoms with Gasteiger partial charge in [-0.05, 0) is 41.1 Å². The van der Waals surface area contributed by atoms with Crippen molar-refractivity contribution in [3.8, 4) is 0 Å². The normalized spacial score (nSPS) is 10.0. The van der Waals surface area contributed by atoms with Crippen molar-refractivity contribution in [1.82, 2.24) is 4.98 Å². The third kappa shape index (κ3) is 3.32. The van der Waals surface area contributed by atoms with Crippen molar-refractivity contribution in [3.63, 3.8) is 0 Å². The Labute approximate surface area is 106 Å². The van der Waals surface area contributed by atoms with E-state index in [2.05, 4.69) is 31.5 Å². The fraction of sp³-hybridized carbons (Fsp3) is 0.0909. The van der Waals surface area contributed by atoms with E-state index in [0.717, 1.165) is 5.69 Å². The minimum Gasteiger partial charge on any atom is -0.434 e. The number of anilines is 2. The second-order valence-corrected chi connectivity index (χ2v) is 4.13. The number of amides is 2. The molecule has 0 radical (unpaired) electrons. The predicted molar refractivity (Wildman–Crippen MR) is 68.0 cm³/mol. The molecule has 0 unspecified atom stereocenters. The lowest BCUT2D eigenvalue weighted by molar-refractivity contribution is 0.261. The third-order valence-corrected chi connectivity index (χ3v) is 2.37. The van der Waals surface area contributed by atoms with E-state index in [4.69, 9.17) is 4.42 Å². The molecule has 2 aromatic heterocycles. The largest absolute Gasteiger partial charge is 0.434 e. The first-order valence-electron chi connectivity index (χ1n) is 4.90. The fourth-order valence-electron chi connectivity index (χ4n) is 1.25. The van der Waals surface area contributed by atoms with Crippen LogP contribution in [0.4, 0.5) is 16.5 Å². The predicted octanol–water partition coefficient (Wildman–Crippen LogP) is 3.39. The Morgan fingerprint density at radius 1 is 1.29 bits per heavy atom. The lowest BCUT2D eigenvalue weighted by Gasteiger charge is -2.04. The Bertz CT molecular complexity index is 539. The fourth-order valence-corrected chi connectivity index (χ4v) is 1.56. The topological polar surface area (TPSA) is 67.2 Å². The molecule has 2 amide bonds. The maximum absolute atomic E-state index is 11.6. The summed E-state index contributed by atoms with van der Waals surface area (Å²) in [6, 6.07) is 8.33. The van der Waals surface area contributed by atoms with Gasteiger partial charge in [-0.15, -0.1) is 0 Å². The van der Waals surface area contributed by atoms with Crippen LogP contribution in [-0.2, 0) is 0 Å². The maximum atomic E-state index is 11.6. The van der Waals surface area contributed by atoms with E-state index < -0.39 is 6.03 Å². The van der Waals surface area contributed by atoms with Gasteiger partial charge in [0, 0.05) is 11.8 Å². The standard InChI is InChI=1S/C11H10BrN3O2/c1-7-3-2-4-9(13-7)14-11(16)15-10-6-5-8(12)17-10/h2-6H,1H3,(H2,13,14,15,16). The molecule has 0 bridgehead atoms. The highest BCUT2D eigenvalue weighted by Crippen LogP contribution is 2.18. The lowest BCUT2D eigenvalue weighted by atomic mass is 10.4. The van der Waals surface area contributed by atoms with Gasteiger partial charge >= 0.3 is 6.03 Å². The van der Waals surface area contributed by atoms with E-state index >= 15 is 0 Å². The van der Waals surface area contributed by atoms with Gasteiger partial charge in [0.2, 0.25) is 5.88 Å². The quantitative estimate of drug-likeness (QED) is 0.892. The average molecular weight is 296 g/mol. The Morgan fingerprint density at radius 3 is 2.76 bits per heavy atom. The number of aromatic nitrogens is 1. The van der Waals surface area contributed by atoms with Gasteiger partial charge in [0.25, 0.3) is 0 Å². The zero-order chi connectivity index (χ0) is 12.3. The van der Waals surface area contributed by atoms with E-state index in [9.17, 15) is 4.79 Å². The molecular weight excluding hydrogens is 286 g/mol. The summed E-state index contributed by atoms with van der Waals surface area (Å²) in [6.07, 6.45) is 0. The van der Waals surface area contributed by atoms with E-state index in [-0.39, 0.29) is 0 Å². The third-order valence-electron chi connectivity index (χ3n) is 1.94. The van der Waals surface area contributed by atoms with Crippen LogP contribution in [0.25, 0.3) is 0 Å². The first kappa shape index (κ1) is 11.7. The average Bonchev–Trinajstić information content (AvgIpc) is 2.63. The van der Waals surface area contributed by atoms with Gasteiger partial charge in [0.15, 0.2) is 4.67 Å². The number of pyridine rings is 1. The minimum atomic E-state index is -0.398. The molecule has 0 aliphatic rings. The summed E-state index contributed by atoms with van der Waals surface area (Å²) >= 11 is 3.15. The van der Waals surface area contributed by atoms with Crippen LogP contribution in [0.2, 0.25) is 0 Å². The molecule has 2 heterocycles. The monoisotopic (exact) mass is 295 g/mol. The van der Waals surface area contributed by atoms with Gasteiger partial charge in [0.1, 0.15) is 5.82 Å². The number of nitrogens with one attached hydrogen (secondary N) is 2. The number of halogens is 1. The zero-order valence-electron chi connectivity index (χ0n) is 9.03. The summed E-state index contributed by atoms with van der Waals surface area (Å²) < 4.78 is 5.70. The molecule has 0 aromatic carbocycles. The van der Waals surface area contributed by atoms with Crippen LogP contribution in [0.15, 0.2) is 39.4 Å². The SMILES string of the molecule is Cc1cccc(NC(=O)Nc2ccc(Br)o2)n1. The summed E-state index contributed by atoms with van der Waals surface area (Å²) in [5.74, 6) is 0.857. The molecule has 5 nitrogen and oxygen atoms in total. The molecule has 0 saturated heterocycles. The molecule has 0 saturated carbocycles. The molecule has 88 valence electrons. The molecule has 0 atom stereocenters. The highest BCUT2D eigenvalue weighted by atomic mass is 79.9. The number of hydrogen-bond acceptors (Lipinski definition) is 3. The summed E-state index contributed by atoms with van der Waals surface area (Å²) in [4.78, 5) is 15.7. The zero-order valence-corrected chi connectivity index (χ0v) is 10.6. The van der Waals surface area contributed by atoms with Crippen molar-refractivity contribution in [2.75, 3.05) is 10.6 Å². The Balaban J connectivity index is 1.98. The lowest BCUT2D eigenvalue weighted by Crippen LogP contribution is -2.19. The summed E-state index contributed by atoms with van der Waals surface area (Å²) in [7, 11) is 0. The van der Waals surface area contributed by atoms with Crippen LogP contribution in [0.1, 0.15) is 5.69 Å². The molecule has 0 aliphatic carbocycles. The van der Waals surface area contributed by atoms with Crippen LogP contribution in [-0.4, -0.2) is 11.0 Å². The summed E-state index contributed by atoms with van der Waals surface area (Å²) in [6.45, 7) is 1.85. The smallest absolute Gasteiger partial charge is 0.327 e. The minimum absolute atomic E-state index is 0.363. The van der Waals surface area contributed by atoms with Crippen LogP contribution >= 0.6 is 15.9 Å². The molecule has 2 rings (SSSR count). The highest BCUT2D eigenvalue weighted by Gasteiger charge is 2.06. The molecule has 0 aliphatic heterocycles. The van der Waals surface area contributed by atoms with Crippen LogP contribution in [0.5, 0.6) is 0 Å². The van der Waals surface area contributed by atoms with Crippen LogP contribution in [0.3, 0.4) is 0 Å². The van der Waals surface area contributed by atoms with E-state index in [1.54, 1.807) is 18.2 Å². The van der Waals surface area contributed by atoms with Crippen molar-refractivity contribution in [2.24, 2.45) is 0 Å². The van der Waals surface area contributed by atoms with Crippen LogP contribution in [0, 0.1) is 6.92 Å². The van der Waals surface area contributed by atoms with Crippen molar-refractivity contribution in [3.05, 3.63) is 40.7 Å². The van der Waals surface area contributed by atoms with Crippen molar-refractivity contribution in [1.29, 1.82) is 0 Å².